The van der Waals surface area contributed by atoms with Crippen LogP contribution in [0.2, 0.25) is 0 Å². The van der Waals surface area contributed by atoms with Gasteiger partial charge in [-0.2, -0.15) is 0 Å². The number of nitrogens with one attached hydrogen (secondary N) is 1. The highest BCUT2D eigenvalue weighted by Gasteiger charge is 2.52. The molecule has 7 heteroatoms. The van der Waals surface area contributed by atoms with Gasteiger partial charge in [-0.25, -0.2) is 8.78 Å². The second-order valence-corrected chi connectivity index (χ2v) is 8.89. The molecule has 0 aromatic heterocycles. The summed E-state index contributed by atoms with van der Waals surface area (Å²) < 4.78 is 26.6. The predicted molar refractivity (Wildman–Crippen MR) is 118 cm³/mol. The van der Waals surface area contributed by atoms with Gasteiger partial charge in [0.05, 0.1) is 11.7 Å². The third kappa shape index (κ3) is 4.26. The summed E-state index contributed by atoms with van der Waals surface area (Å²) in [5.41, 5.74) is 0.785. The Morgan fingerprint density at radius 1 is 1.06 bits per heavy atom. The second kappa shape index (κ2) is 8.98. The van der Waals surface area contributed by atoms with Crippen molar-refractivity contribution in [1.82, 2.24) is 15.1 Å². The third-order valence-corrected chi connectivity index (χ3v) is 6.91. The number of nitrogens with zero attached hydrogens (tertiary/aromatic N) is 2. The van der Waals surface area contributed by atoms with E-state index < -0.39 is 5.66 Å². The highest BCUT2D eigenvalue weighted by atomic mass is 19.1. The number of rotatable bonds is 5. The summed E-state index contributed by atoms with van der Waals surface area (Å²) in [7, 11) is 0. The maximum Gasteiger partial charge on any atom is 0.253 e. The van der Waals surface area contributed by atoms with Crippen LogP contribution in [0.4, 0.5) is 8.78 Å². The lowest BCUT2D eigenvalue weighted by atomic mass is 9.94. The van der Waals surface area contributed by atoms with Crippen molar-refractivity contribution in [3.05, 3.63) is 71.3 Å². The smallest absolute Gasteiger partial charge is 0.253 e. The average molecular weight is 442 g/mol. The lowest BCUT2D eigenvalue weighted by molar-refractivity contribution is -0.134. The van der Waals surface area contributed by atoms with Gasteiger partial charge in [0, 0.05) is 38.0 Å². The van der Waals surface area contributed by atoms with Gasteiger partial charge in [-0.1, -0.05) is 32.4 Å². The van der Waals surface area contributed by atoms with E-state index in [1.54, 1.807) is 17.0 Å². The van der Waals surface area contributed by atoms with Crippen LogP contribution in [0.5, 0.6) is 0 Å². The average Bonchev–Trinajstić information content (AvgIpc) is 3.06. The zero-order chi connectivity index (χ0) is 22.9. The SMILES string of the molecule is CC[C@@H](C)[C@H]1NC2(CCN(C(=O)c3ccc(F)cc3)CC2)N(Cc2ccc(F)cc2)C1=O. The summed E-state index contributed by atoms with van der Waals surface area (Å²) >= 11 is 0. The molecule has 5 nitrogen and oxygen atoms in total. The van der Waals surface area contributed by atoms with Crippen LogP contribution >= 0.6 is 0 Å². The Morgan fingerprint density at radius 2 is 1.62 bits per heavy atom. The van der Waals surface area contributed by atoms with E-state index in [4.69, 9.17) is 0 Å². The molecule has 2 aromatic rings. The molecule has 32 heavy (non-hydrogen) atoms. The molecule has 2 aliphatic rings. The quantitative estimate of drug-likeness (QED) is 0.765. The van der Waals surface area contributed by atoms with Gasteiger partial charge in [0.2, 0.25) is 5.91 Å². The Hall–Kier alpha value is -2.80. The Morgan fingerprint density at radius 3 is 2.19 bits per heavy atom. The molecule has 4 rings (SSSR count). The molecule has 2 aromatic carbocycles. The van der Waals surface area contributed by atoms with Crippen molar-refractivity contribution < 1.29 is 18.4 Å². The molecule has 0 aliphatic carbocycles. The molecule has 2 saturated heterocycles. The molecule has 170 valence electrons. The number of halogens is 2. The van der Waals surface area contributed by atoms with Crippen LogP contribution in [0.15, 0.2) is 48.5 Å². The Kier molecular flexibility index (Phi) is 6.29. The van der Waals surface area contributed by atoms with Crippen LogP contribution < -0.4 is 5.32 Å². The van der Waals surface area contributed by atoms with E-state index >= 15 is 0 Å². The first-order chi connectivity index (χ1) is 15.3. The fraction of sp³-hybridized carbons (Fsp3) is 0.440. The first-order valence-corrected chi connectivity index (χ1v) is 11.2. The van der Waals surface area contributed by atoms with Crippen molar-refractivity contribution in [2.24, 2.45) is 5.92 Å². The zero-order valence-electron chi connectivity index (χ0n) is 18.5. The summed E-state index contributed by atoms with van der Waals surface area (Å²) in [5, 5.41) is 3.61. The highest BCUT2D eigenvalue weighted by Crippen LogP contribution is 2.36. The molecule has 0 unspecified atom stereocenters. The lowest BCUT2D eigenvalue weighted by Gasteiger charge is -2.45. The zero-order valence-corrected chi connectivity index (χ0v) is 18.5. The normalized spacial score (nSPS) is 21.2. The van der Waals surface area contributed by atoms with Crippen LogP contribution in [0.3, 0.4) is 0 Å². The van der Waals surface area contributed by atoms with E-state index in [0.717, 1.165) is 12.0 Å². The van der Waals surface area contributed by atoms with E-state index in [1.165, 1.54) is 36.4 Å². The lowest BCUT2D eigenvalue weighted by Crippen LogP contribution is -2.59. The Labute approximate surface area is 187 Å². The highest BCUT2D eigenvalue weighted by molar-refractivity contribution is 5.94. The van der Waals surface area contributed by atoms with E-state index in [-0.39, 0.29) is 35.4 Å². The summed E-state index contributed by atoms with van der Waals surface area (Å²) in [6.45, 7) is 5.51. The third-order valence-electron chi connectivity index (χ3n) is 6.91. The van der Waals surface area contributed by atoms with Crippen molar-refractivity contribution >= 4 is 11.8 Å². The molecule has 2 fully saturated rings. The first-order valence-electron chi connectivity index (χ1n) is 11.2. The molecule has 0 radical (unpaired) electrons. The van der Waals surface area contributed by atoms with Crippen LogP contribution in [-0.2, 0) is 11.3 Å². The largest absolute Gasteiger partial charge is 0.338 e. The topological polar surface area (TPSA) is 52.7 Å². The van der Waals surface area contributed by atoms with Crippen LogP contribution in [0.1, 0.15) is 49.0 Å². The summed E-state index contributed by atoms with van der Waals surface area (Å²) in [4.78, 5) is 29.9. The summed E-state index contributed by atoms with van der Waals surface area (Å²) in [5.74, 6) is -0.578. The van der Waals surface area contributed by atoms with Gasteiger partial charge < -0.3 is 9.80 Å². The number of carbonyl (C=O) groups excluding carboxylic acids is 2. The van der Waals surface area contributed by atoms with Gasteiger partial charge in [-0.05, 0) is 47.9 Å². The molecular formula is C25H29F2N3O2. The number of carbonyl (C=O) groups is 2. The summed E-state index contributed by atoms with van der Waals surface area (Å²) in [6.07, 6.45) is 2.07. The number of amides is 2. The molecule has 2 atom stereocenters. The van der Waals surface area contributed by atoms with Gasteiger partial charge in [0.1, 0.15) is 11.6 Å². The van der Waals surface area contributed by atoms with E-state index in [1.807, 2.05) is 4.90 Å². The molecule has 1 spiro atoms. The van der Waals surface area contributed by atoms with Gasteiger partial charge in [0.25, 0.3) is 5.91 Å². The molecule has 2 aliphatic heterocycles. The monoisotopic (exact) mass is 441 g/mol. The minimum atomic E-state index is -0.543. The molecule has 2 heterocycles. The number of hydrogen-bond donors (Lipinski definition) is 1. The molecular weight excluding hydrogens is 412 g/mol. The van der Waals surface area contributed by atoms with Crippen molar-refractivity contribution in [3.63, 3.8) is 0 Å². The summed E-state index contributed by atoms with van der Waals surface area (Å²) in [6, 6.07) is 11.5. The fourth-order valence-electron chi connectivity index (χ4n) is 4.70. The van der Waals surface area contributed by atoms with Crippen molar-refractivity contribution in [3.8, 4) is 0 Å². The van der Waals surface area contributed by atoms with Crippen LogP contribution in [0, 0.1) is 17.6 Å². The van der Waals surface area contributed by atoms with Crippen molar-refractivity contribution in [2.75, 3.05) is 13.1 Å². The van der Waals surface area contributed by atoms with E-state index in [2.05, 4.69) is 19.2 Å². The maximum atomic E-state index is 13.4. The Bertz CT molecular complexity index is 970. The van der Waals surface area contributed by atoms with Crippen molar-refractivity contribution in [1.29, 1.82) is 0 Å². The van der Waals surface area contributed by atoms with Crippen LogP contribution in [-0.4, -0.2) is 46.4 Å². The molecule has 1 N–H and O–H groups in total. The van der Waals surface area contributed by atoms with Gasteiger partial charge in [-0.15, -0.1) is 0 Å². The maximum absolute atomic E-state index is 13.4. The fourth-order valence-corrected chi connectivity index (χ4v) is 4.70. The number of hydrogen-bond acceptors (Lipinski definition) is 3. The Balaban J connectivity index is 1.53. The number of benzene rings is 2. The van der Waals surface area contributed by atoms with Gasteiger partial charge >= 0.3 is 0 Å². The predicted octanol–water partition coefficient (Wildman–Crippen LogP) is 3.94. The first kappa shape index (κ1) is 22.4. The van der Waals surface area contributed by atoms with E-state index in [0.29, 0.717) is 38.0 Å². The molecule has 2 amide bonds. The minimum absolute atomic E-state index is 0.0574. The number of likely N-dealkylation sites (tertiary alicyclic amines) is 1. The standard InChI is InChI=1S/C25H29F2N3O2/c1-3-17(2)22-24(32)30(16-18-4-8-20(26)9-5-18)25(28-22)12-14-29(15-13-25)23(31)19-6-10-21(27)11-7-19/h4-11,17,22,28H,3,12-16H2,1-2H3/t17-,22-/m1/s1. The van der Waals surface area contributed by atoms with Crippen LogP contribution in [0.25, 0.3) is 0 Å². The number of piperidine rings is 1. The second-order valence-electron chi connectivity index (χ2n) is 8.89. The molecule has 0 saturated carbocycles. The van der Waals surface area contributed by atoms with Crippen molar-refractivity contribution in [2.45, 2.75) is 51.4 Å². The molecule has 0 bridgehead atoms. The minimum Gasteiger partial charge on any atom is -0.338 e. The van der Waals surface area contributed by atoms with Gasteiger partial charge in [0.15, 0.2) is 0 Å². The van der Waals surface area contributed by atoms with E-state index in [9.17, 15) is 18.4 Å². The van der Waals surface area contributed by atoms with Gasteiger partial charge in [-0.3, -0.25) is 14.9 Å².